The van der Waals surface area contributed by atoms with Gasteiger partial charge in [0.1, 0.15) is 9.84 Å². The molecule has 0 amide bonds. The second-order valence-corrected chi connectivity index (χ2v) is 5.88. The summed E-state index contributed by atoms with van der Waals surface area (Å²) in [6.45, 7) is 3.54. The van der Waals surface area contributed by atoms with Crippen LogP contribution in [-0.4, -0.2) is 25.3 Å². The number of rotatable bonds is 5. The first kappa shape index (κ1) is 11.2. The van der Waals surface area contributed by atoms with Crippen molar-refractivity contribution in [3.63, 3.8) is 0 Å². The Kier molecular flexibility index (Phi) is 5.10. The minimum Gasteiger partial charge on any atom is -0.229 e. The third-order valence-electron chi connectivity index (χ3n) is 1.50. The van der Waals surface area contributed by atoms with Crippen LogP contribution in [-0.2, 0) is 9.84 Å². The first-order valence-corrected chi connectivity index (χ1v) is 6.08. The van der Waals surface area contributed by atoms with Gasteiger partial charge in [0.2, 0.25) is 0 Å². The fraction of sp³-hybridized carbons (Fsp3) is 1.00. The van der Waals surface area contributed by atoms with Gasteiger partial charge in [-0.2, -0.15) is 0 Å². The molecule has 0 radical (unpaired) electrons. The van der Waals surface area contributed by atoms with Crippen molar-refractivity contribution in [3.8, 4) is 0 Å². The van der Waals surface area contributed by atoms with Crippen LogP contribution in [0.1, 0.15) is 26.7 Å². The zero-order valence-electron chi connectivity index (χ0n) is 7.01. The standard InChI is InChI=1S/C7H15ClO2S/c1-3-11(9,10)6-4-5-7(2)8/h7H,3-6H2,1-2H3. The van der Waals surface area contributed by atoms with Crippen molar-refractivity contribution >= 4 is 21.4 Å². The van der Waals surface area contributed by atoms with E-state index in [0.29, 0.717) is 6.42 Å². The van der Waals surface area contributed by atoms with Gasteiger partial charge in [0.05, 0.1) is 5.75 Å². The number of sulfone groups is 1. The average Bonchev–Trinajstić information content (AvgIpc) is 1.87. The lowest BCUT2D eigenvalue weighted by atomic mass is 10.3. The Labute approximate surface area is 73.9 Å². The summed E-state index contributed by atoms with van der Waals surface area (Å²) in [7, 11) is -2.77. The van der Waals surface area contributed by atoms with Gasteiger partial charge in [-0.3, -0.25) is 0 Å². The fourth-order valence-electron chi connectivity index (χ4n) is 0.729. The smallest absolute Gasteiger partial charge is 0.150 e. The Morgan fingerprint density at radius 3 is 2.36 bits per heavy atom. The van der Waals surface area contributed by atoms with Gasteiger partial charge >= 0.3 is 0 Å². The highest BCUT2D eigenvalue weighted by molar-refractivity contribution is 7.91. The summed E-state index contributed by atoms with van der Waals surface area (Å²) in [5, 5.41) is 0.0852. The molecule has 0 rings (SSSR count). The van der Waals surface area contributed by atoms with Crippen molar-refractivity contribution < 1.29 is 8.42 Å². The number of hydrogen-bond donors (Lipinski definition) is 0. The molecule has 0 aliphatic rings. The normalized spacial score (nSPS) is 14.8. The van der Waals surface area contributed by atoms with Crippen LogP contribution in [0.15, 0.2) is 0 Å². The predicted molar refractivity (Wildman–Crippen MR) is 48.9 cm³/mol. The van der Waals surface area contributed by atoms with Crippen LogP contribution in [0.5, 0.6) is 0 Å². The van der Waals surface area contributed by atoms with E-state index in [-0.39, 0.29) is 16.9 Å². The van der Waals surface area contributed by atoms with E-state index in [1.54, 1.807) is 6.92 Å². The van der Waals surface area contributed by atoms with Crippen LogP contribution >= 0.6 is 11.6 Å². The largest absolute Gasteiger partial charge is 0.229 e. The van der Waals surface area contributed by atoms with Gasteiger partial charge in [-0.25, -0.2) is 8.42 Å². The molecule has 11 heavy (non-hydrogen) atoms. The molecule has 1 unspecified atom stereocenters. The lowest BCUT2D eigenvalue weighted by molar-refractivity contribution is 0.592. The van der Waals surface area contributed by atoms with E-state index in [1.165, 1.54) is 0 Å². The number of hydrogen-bond acceptors (Lipinski definition) is 2. The molecular weight excluding hydrogens is 184 g/mol. The average molecular weight is 199 g/mol. The molecule has 0 heterocycles. The Bertz CT molecular complexity index is 185. The predicted octanol–water partition coefficient (Wildman–Crippen LogP) is 1.83. The zero-order valence-corrected chi connectivity index (χ0v) is 8.58. The Hall–Kier alpha value is 0.240. The molecule has 0 aromatic rings. The summed E-state index contributed by atoms with van der Waals surface area (Å²) in [4.78, 5) is 0. The SMILES string of the molecule is CCS(=O)(=O)CCCC(C)Cl. The maximum Gasteiger partial charge on any atom is 0.150 e. The fourth-order valence-corrected chi connectivity index (χ4v) is 1.78. The lowest BCUT2D eigenvalue weighted by Gasteiger charge is -2.02. The van der Waals surface area contributed by atoms with Crippen molar-refractivity contribution in [2.75, 3.05) is 11.5 Å². The summed E-state index contributed by atoms with van der Waals surface area (Å²) >= 11 is 5.65. The molecule has 0 N–H and O–H groups in total. The van der Waals surface area contributed by atoms with Gasteiger partial charge in [-0.1, -0.05) is 6.92 Å². The van der Waals surface area contributed by atoms with Gasteiger partial charge in [-0.05, 0) is 19.8 Å². The number of alkyl halides is 1. The quantitative estimate of drug-likeness (QED) is 0.632. The summed E-state index contributed by atoms with van der Waals surface area (Å²) in [6, 6.07) is 0. The third kappa shape index (κ3) is 6.63. The van der Waals surface area contributed by atoms with E-state index < -0.39 is 9.84 Å². The minimum atomic E-state index is -2.77. The maximum absolute atomic E-state index is 10.9. The highest BCUT2D eigenvalue weighted by Gasteiger charge is 2.07. The van der Waals surface area contributed by atoms with Crippen LogP contribution in [0.25, 0.3) is 0 Å². The summed E-state index contributed by atoms with van der Waals surface area (Å²) in [5.74, 6) is 0.518. The first-order valence-electron chi connectivity index (χ1n) is 3.82. The van der Waals surface area contributed by atoms with Crippen molar-refractivity contribution in [2.45, 2.75) is 32.1 Å². The molecule has 1 atom stereocenters. The molecule has 2 nitrogen and oxygen atoms in total. The Morgan fingerprint density at radius 1 is 1.45 bits per heavy atom. The molecule has 0 spiro atoms. The molecule has 0 aliphatic carbocycles. The van der Waals surface area contributed by atoms with E-state index in [4.69, 9.17) is 11.6 Å². The molecule has 0 aliphatic heterocycles. The van der Waals surface area contributed by atoms with Crippen molar-refractivity contribution in [1.29, 1.82) is 0 Å². The van der Waals surface area contributed by atoms with Crippen LogP contribution in [0.2, 0.25) is 0 Å². The van der Waals surface area contributed by atoms with Gasteiger partial charge in [0, 0.05) is 11.1 Å². The molecule has 0 fully saturated rings. The minimum absolute atomic E-state index is 0.0852. The summed E-state index contributed by atoms with van der Waals surface area (Å²) < 4.78 is 21.9. The van der Waals surface area contributed by atoms with Crippen molar-refractivity contribution in [3.05, 3.63) is 0 Å². The van der Waals surface area contributed by atoms with Gasteiger partial charge in [0.15, 0.2) is 0 Å². The van der Waals surface area contributed by atoms with Gasteiger partial charge in [0.25, 0.3) is 0 Å². The topological polar surface area (TPSA) is 34.1 Å². The van der Waals surface area contributed by atoms with E-state index in [2.05, 4.69) is 0 Å². The van der Waals surface area contributed by atoms with Crippen LogP contribution < -0.4 is 0 Å². The van der Waals surface area contributed by atoms with E-state index in [1.807, 2.05) is 6.92 Å². The van der Waals surface area contributed by atoms with Crippen molar-refractivity contribution in [2.24, 2.45) is 0 Å². The van der Waals surface area contributed by atoms with Crippen LogP contribution in [0, 0.1) is 0 Å². The van der Waals surface area contributed by atoms with E-state index >= 15 is 0 Å². The second kappa shape index (κ2) is 4.99. The molecule has 0 saturated heterocycles. The maximum atomic E-state index is 10.9. The Balaban J connectivity index is 3.55. The van der Waals surface area contributed by atoms with Crippen LogP contribution in [0.3, 0.4) is 0 Å². The molecule has 0 aromatic carbocycles. The third-order valence-corrected chi connectivity index (χ3v) is 3.51. The molecule has 0 aromatic heterocycles. The van der Waals surface area contributed by atoms with Gasteiger partial charge < -0.3 is 0 Å². The van der Waals surface area contributed by atoms with Gasteiger partial charge in [-0.15, -0.1) is 11.6 Å². The van der Waals surface area contributed by atoms with E-state index in [0.717, 1.165) is 6.42 Å². The highest BCUT2D eigenvalue weighted by Crippen LogP contribution is 2.05. The van der Waals surface area contributed by atoms with E-state index in [9.17, 15) is 8.42 Å². The van der Waals surface area contributed by atoms with Crippen LogP contribution in [0.4, 0.5) is 0 Å². The molecule has 0 bridgehead atoms. The monoisotopic (exact) mass is 198 g/mol. The molecule has 0 saturated carbocycles. The molecular formula is C7H15ClO2S. The lowest BCUT2D eigenvalue weighted by Crippen LogP contribution is -2.09. The zero-order chi connectivity index (χ0) is 8.91. The second-order valence-electron chi connectivity index (χ2n) is 2.66. The Morgan fingerprint density at radius 2 is 2.00 bits per heavy atom. The molecule has 4 heteroatoms. The molecule has 68 valence electrons. The highest BCUT2D eigenvalue weighted by atomic mass is 35.5. The first-order chi connectivity index (χ1) is 4.98. The summed E-state index contributed by atoms with van der Waals surface area (Å²) in [6.07, 6.45) is 1.46. The van der Waals surface area contributed by atoms with Crippen molar-refractivity contribution in [1.82, 2.24) is 0 Å². The summed E-state index contributed by atoms with van der Waals surface area (Å²) in [5.41, 5.74) is 0. The number of halogens is 1.